The number of aldehydes is 1. The highest BCUT2D eigenvalue weighted by molar-refractivity contribution is 9.10. The molecule has 0 unspecified atom stereocenters. The summed E-state index contributed by atoms with van der Waals surface area (Å²) in [6.07, 6.45) is 0.808. The molecule has 0 aliphatic carbocycles. The van der Waals surface area contributed by atoms with E-state index in [1.165, 1.54) is 0 Å². The van der Waals surface area contributed by atoms with Crippen LogP contribution in [0.3, 0.4) is 0 Å². The van der Waals surface area contributed by atoms with Gasteiger partial charge in [0.1, 0.15) is 6.29 Å². The van der Waals surface area contributed by atoms with Crippen LogP contribution < -0.4 is 0 Å². The average Bonchev–Trinajstić information content (AvgIpc) is 2.86. The molecule has 2 aromatic carbocycles. The van der Waals surface area contributed by atoms with E-state index in [1.54, 1.807) is 6.07 Å². The van der Waals surface area contributed by atoms with Crippen LogP contribution in [-0.4, -0.2) is 11.3 Å². The number of nitrogens with one attached hydrogen (secondary N) is 1. The molecule has 0 fully saturated rings. The lowest BCUT2D eigenvalue weighted by molar-refractivity contribution is 0.112. The largest absolute Gasteiger partial charge is 0.353 e. The molecule has 3 rings (SSSR count). The van der Waals surface area contributed by atoms with Crippen LogP contribution in [0, 0.1) is 6.92 Å². The highest BCUT2D eigenvalue weighted by Gasteiger charge is 2.10. The van der Waals surface area contributed by atoms with Crippen LogP contribution >= 0.6 is 27.5 Å². The number of aromatic nitrogens is 1. The van der Waals surface area contributed by atoms with Crippen molar-refractivity contribution in [2.45, 2.75) is 6.92 Å². The molecule has 0 saturated heterocycles. The van der Waals surface area contributed by atoms with Crippen molar-refractivity contribution >= 4 is 44.7 Å². The molecule has 20 heavy (non-hydrogen) atoms. The van der Waals surface area contributed by atoms with Gasteiger partial charge in [-0.3, -0.25) is 4.79 Å². The molecule has 0 amide bonds. The number of carbonyl (C=O) groups excluding carboxylic acids is 1. The molecule has 100 valence electrons. The summed E-state index contributed by atoms with van der Waals surface area (Å²) in [5.74, 6) is 0. The molecule has 2 nitrogen and oxygen atoms in total. The number of benzene rings is 2. The molecule has 0 radical (unpaired) electrons. The van der Waals surface area contributed by atoms with Crippen LogP contribution in [0.25, 0.3) is 22.2 Å². The van der Waals surface area contributed by atoms with E-state index in [4.69, 9.17) is 11.6 Å². The summed E-state index contributed by atoms with van der Waals surface area (Å²) in [7, 11) is 0. The quantitative estimate of drug-likeness (QED) is 0.620. The number of hydrogen-bond donors (Lipinski definition) is 1. The number of hydrogen-bond acceptors (Lipinski definition) is 1. The summed E-state index contributed by atoms with van der Waals surface area (Å²) < 4.78 is 1.06. The van der Waals surface area contributed by atoms with Crippen LogP contribution in [-0.2, 0) is 0 Å². The first-order chi connectivity index (χ1) is 9.60. The van der Waals surface area contributed by atoms with E-state index in [2.05, 4.69) is 33.9 Å². The lowest BCUT2D eigenvalue weighted by Crippen LogP contribution is -1.84. The first-order valence-electron chi connectivity index (χ1n) is 6.13. The van der Waals surface area contributed by atoms with Gasteiger partial charge in [0.05, 0.1) is 10.5 Å². The van der Waals surface area contributed by atoms with Gasteiger partial charge in [-0.25, -0.2) is 0 Å². The zero-order valence-electron chi connectivity index (χ0n) is 10.7. The van der Waals surface area contributed by atoms with Crippen LogP contribution in [0.4, 0.5) is 0 Å². The van der Waals surface area contributed by atoms with Gasteiger partial charge >= 0.3 is 0 Å². The Balaban J connectivity index is 2.25. The van der Waals surface area contributed by atoms with Gasteiger partial charge in [0.2, 0.25) is 0 Å². The van der Waals surface area contributed by atoms with Crippen LogP contribution in [0.5, 0.6) is 0 Å². The fraction of sp³-hybridized carbons (Fsp3) is 0.0625. The molecule has 0 bridgehead atoms. The average molecular weight is 349 g/mol. The molecular formula is C16H11BrClNO. The molecule has 0 saturated carbocycles. The minimum Gasteiger partial charge on any atom is -0.353 e. The molecule has 3 aromatic rings. The topological polar surface area (TPSA) is 32.9 Å². The summed E-state index contributed by atoms with van der Waals surface area (Å²) in [5, 5.41) is 1.50. The molecule has 0 aliphatic heterocycles. The Kier molecular flexibility index (Phi) is 3.40. The number of carbonyl (C=O) groups is 1. The second-order valence-corrected chi connectivity index (χ2v) is 5.94. The van der Waals surface area contributed by atoms with E-state index in [0.29, 0.717) is 10.6 Å². The van der Waals surface area contributed by atoms with Crippen molar-refractivity contribution in [3.8, 4) is 11.3 Å². The molecule has 4 heteroatoms. The minimum atomic E-state index is 0.559. The third-order valence-electron chi connectivity index (χ3n) is 3.40. The summed E-state index contributed by atoms with van der Waals surface area (Å²) in [6.45, 7) is 2.06. The van der Waals surface area contributed by atoms with Crippen molar-refractivity contribution in [1.29, 1.82) is 0 Å². The van der Waals surface area contributed by atoms with Gasteiger partial charge in [-0.2, -0.15) is 0 Å². The van der Waals surface area contributed by atoms with E-state index in [1.807, 2.05) is 24.3 Å². The molecule has 0 atom stereocenters. The van der Waals surface area contributed by atoms with Gasteiger partial charge in [-0.05, 0) is 36.8 Å². The Labute approximate surface area is 129 Å². The molecule has 1 heterocycles. The summed E-state index contributed by atoms with van der Waals surface area (Å²) in [4.78, 5) is 14.2. The maximum atomic E-state index is 10.9. The maximum absolute atomic E-state index is 10.9. The van der Waals surface area contributed by atoms with Gasteiger partial charge in [0.15, 0.2) is 0 Å². The Morgan fingerprint density at radius 3 is 2.80 bits per heavy atom. The number of halogens is 2. The SMILES string of the molecule is Cc1c(Br)cccc1-c1cc2cc(C=O)cc(Cl)c2[nH]1. The van der Waals surface area contributed by atoms with Crippen LogP contribution in [0.1, 0.15) is 15.9 Å². The first-order valence-corrected chi connectivity index (χ1v) is 7.30. The summed E-state index contributed by atoms with van der Waals surface area (Å²) in [5.41, 5.74) is 4.69. The van der Waals surface area contributed by atoms with Crippen molar-refractivity contribution in [3.05, 3.63) is 57.0 Å². The van der Waals surface area contributed by atoms with E-state index < -0.39 is 0 Å². The third-order valence-corrected chi connectivity index (χ3v) is 4.55. The minimum absolute atomic E-state index is 0.559. The van der Waals surface area contributed by atoms with Gasteiger partial charge in [-0.15, -0.1) is 0 Å². The zero-order valence-corrected chi connectivity index (χ0v) is 13.0. The van der Waals surface area contributed by atoms with Crippen LogP contribution in [0.15, 0.2) is 40.9 Å². The number of fused-ring (bicyclic) bond motifs is 1. The van der Waals surface area contributed by atoms with Gasteiger partial charge < -0.3 is 4.98 Å². The predicted molar refractivity (Wildman–Crippen MR) is 86.6 cm³/mol. The van der Waals surface area contributed by atoms with Gasteiger partial charge in [0, 0.05) is 26.7 Å². The standard InChI is InChI=1S/C16H11BrClNO/c1-9-12(3-2-4-13(9)17)15-7-11-5-10(8-20)6-14(18)16(11)19-15/h2-8,19H,1H3. The van der Waals surface area contributed by atoms with E-state index >= 15 is 0 Å². The first kappa shape index (κ1) is 13.4. The maximum Gasteiger partial charge on any atom is 0.150 e. The lowest BCUT2D eigenvalue weighted by atomic mass is 10.1. The molecule has 0 spiro atoms. The molecule has 1 N–H and O–H groups in total. The van der Waals surface area contributed by atoms with Crippen molar-refractivity contribution in [2.24, 2.45) is 0 Å². The van der Waals surface area contributed by atoms with Gasteiger partial charge in [0.25, 0.3) is 0 Å². The number of H-pyrrole nitrogens is 1. The zero-order chi connectivity index (χ0) is 14.3. The Morgan fingerprint density at radius 1 is 1.25 bits per heavy atom. The Bertz CT molecular complexity index is 823. The molecular weight excluding hydrogens is 338 g/mol. The molecule has 1 aromatic heterocycles. The number of rotatable bonds is 2. The molecule has 0 aliphatic rings. The highest BCUT2D eigenvalue weighted by atomic mass is 79.9. The summed E-state index contributed by atoms with van der Waals surface area (Å²) >= 11 is 9.75. The summed E-state index contributed by atoms with van der Waals surface area (Å²) in [6, 6.07) is 11.6. The second kappa shape index (κ2) is 5.08. The Morgan fingerprint density at radius 2 is 2.05 bits per heavy atom. The lowest BCUT2D eigenvalue weighted by Gasteiger charge is -2.05. The van der Waals surface area contributed by atoms with E-state index in [0.717, 1.165) is 38.5 Å². The van der Waals surface area contributed by atoms with Crippen molar-refractivity contribution in [2.75, 3.05) is 0 Å². The predicted octanol–water partition coefficient (Wildman–Crippen LogP) is 5.37. The normalized spacial score (nSPS) is 10.9. The van der Waals surface area contributed by atoms with Crippen LogP contribution in [0.2, 0.25) is 5.02 Å². The third kappa shape index (κ3) is 2.17. The fourth-order valence-corrected chi connectivity index (χ4v) is 2.98. The van der Waals surface area contributed by atoms with Crippen molar-refractivity contribution in [1.82, 2.24) is 4.98 Å². The second-order valence-electron chi connectivity index (χ2n) is 4.68. The van der Waals surface area contributed by atoms with Crippen molar-refractivity contribution < 1.29 is 4.79 Å². The van der Waals surface area contributed by atoms with E-state index in [-0.39, 0.29) is 0 Å². The van der Waals surface area contributed by atoms with E-state index in [9.17, 15) is 4.79 Å². The Hall–Kier alpha value is -1.58. The fourth-order valence-electron chi connectivity index (χ4n) is 2.33. The number of aromatic amines is 1. The van der Waals surface area contributed by atoms with Gasteiger partial charge in [-0.1, -0.05) is 39.7 Å². The smallest absolute Gasteiger partial charge is 0.150 e. The highest BCUT2D eigenvalue weighted by Crippen LogP contribution is 2.33. The monoisotopic (exact) mass is 347 g/mol. The van der Waals surface area contributed by atoms with Crippen molar-refractivity contribution in [3.63, 3.8) is 0 Å².